The molecule has 4 aliphatic rings. The molecule has 4 aliphatic carbocycles. The van der Waals surface area contributed by atoms with Gasteiger partial charge in [0.2, 0.25) is 0 Å². The van der Waals surface area contributed by atoms with E-state index in [0.717, 1.165) is 23.2 Å². The van der Waals surface area contributed by atoms with Crippen LogP contribution in [0.1, 0.15) is 52.4 Å². The van der Waals surface area contributed by atoms with Gasteiger partial charge in [0, 0.05) is 0 Å². The minimum absolute atomic E-state index is 0.559. The van der Waals surface area contributed by atoms with Crippen LogP contribution < -0.4 is 0 Å². The van der Waals surface area contributed by atoms with Crippen molar-refractivity contribution >= 4 is 7.85 Å². The van der Waals surface area contributed by atoms with Crippen LogP contribution in [0.25, 0.3) is 0 Å². The van der Waals surface area contributed by atoms with Crippen molar-refractivity contribution in [2.75, 3.05) is 0 Å². The topological polar surface area (TPSA) is 0 Å². The second-order valence-electron chi connectivity index (χ2n) is 7.45. The highest BCUT2D eigenvalue weighted by molar-refractivity contribution is 6.15. The Balaban J connectivity index is 1.95. The molecule has 0 aromatic heterocycles. The lowest BCUT2D eigenvalue weighted by atomic mass is 9.39. The smallest absolute Gasteiger partial charge is 0.0667 e. The fourth-order valence-corrected chi connectivity index (χ4v) is 5.03. The molecule has 0 amide bonds. The molecule has 0 aliphatic heterocycles. The maximum atomic E-state index is 2.49. The summed E-state index contributed by atoms with van der Waals surface area (Å²) in [6.45, 7) is 4.97. The van der Waals surface area contributed by atoms with Crippen LogP contribution in [0.4, 0.5) is 0 Å². The molecule has 0 unspecified atom stereocenters. The van der Waals surface area contributed by atoms with E-state index in [4.69, 9.17) is 0 Å². The van der Waals surface area contributed by atoms with Crippen LogP contribution >= 0.6 is 0 Å². The summed E-state index contributed by atoms with van der Waals surface area (Å²) in [5.41, 5.74) is 0.738. The Morgan fingerprint density at radius 2 is 1.29 bits per heavy atom. The molecule has 0 saturated heterocycles. The minimum atomic E-state index is 0.559. The lowest BCUT2D eigenvalue weighted by molar-refractivity contribution is -0.0732. The molecule has 14 heavy (non-hydrogen) atoms. The molecule has 4 saturated carbocycles. The van der Waals surface area contributed by atoms with E-state index >= 15 is 0 Å². The third-order valence-corrected chi connectivity index (χ3v) is 5.63. The van der Waals surface area contributed by atoms with Gasteiger partial charge in [-0.3, -0.25) is 0 Å². The number of hydrogen-bond donors (Lipinski definition) is 0. The van der Waals surface area contributed by atoms with E-state index in [0.29, 0.717) is 5.31 Å². The normalized spacial score (nSPS) is 51.1. The molecule has 4 rings (SSSR count). The predicted octanol–water partition coefficient (Wildman–Crippen LogP) is 3.03. The van der Waals surface area contributed by atoms with Crippen molar-refractivity contribution in [1.29, 1.82) is 0 Å². The molecule has 0 aromatic carbocycles. The first kappa shape index (κ1) is 9.30. The van der Waals surface area contributed by atoms with Crippen LogP contribution in [0.15, 0.2) is 0 Å². The monoisotopic (exact) mass is 190 g/mol. The van der Waals surface area contributed by atoms with Crippen molar-refractivity contribution < 1.29 is 0 Å². The molecular formula is C13H23B. The average molecular weight is 190 g/mol. The largest absolute Gasteiger partial charge is 0.109 e. The highest BCUT2D eigenvalue weighted by Crippen LogP contribution is 2.67. The van der Waals surface area contributed by atoms with Gasteiger partial charge in [0.05, 0.1) is 0 Å². The summed E-state index contributed by atoms with van der Waals surface area (Å²) in [6.07, 6.45) is 9.41. The van der Waals surface area contributed by atoms with Crippen LogP contribution in [-0.2, 0) is 0 Å². The van der Waals surface area contributed by atoms with Crippen molar-refractivity contribution in [1.82, 2.24) is 0 Å². The van der Waals surface area contributed by atoms with Gasteiger partial charge in [-0.2, -0.15) is 0 Å². The fourth-order valence-electron chi connectivity index (χ4n) is 5.03. The predicted molar refractivity (Wildman–Crippen MR) is 63.2 cm³/mol. The quantitative estimate of drug-likeness (QED) is 0.557. The van der Waals surface area contributed by atoms with Gasteiger partial charge in [0.1, 0.15) is 7.85 Å². The molecule has 1 heteroatoms. The van der Waals surface area contributed by atoms with Crippen molar-refractivity contribution in [3.8, 4) is 0 Å². The SMILES string of the molecule is BC(C)(C)C12CC3CC(CC(C3)C1)C2. The Morgan fingerprint density at radius 1 is 0.929 bits per heavy atom. The van der Waals surface area contributed by atoms with Crippen LogP contribution in [0, 0.1) is 23.2 Å². The van der Waals surface area contributed by atoms with Crippen LogP contribution in [0.2, 0.25) is 5.31 Å². The summed E-state index contributed by atoms with van der Waals surface area (Å²) < 4.78 is 0. The zero-order chi connectivity index (χ0) is 9.97. The van der Waals surface area contributed by atoms with Crippen molar-refractivity contribution in [2.24, 2.45) is 23.2 Å². The highest BCUT2D eigenvalue weighted by Gasteiger charge is 2.55. The molecule has 4 bridgehead atoms. The Kier molecular flexibility index (Phi) is 1.73. The van der Waals surface area contributed by atoms with E-state index in [1.807, 2.05) is 0 Å². The zero-order valence-corrected chi connectivity index (χ0v) is 9.97. The van der Waals surface area contributed by atoms with Gasteiger partial charge in [0.25, 0.3) is 0 Å². The Labute approximate surface area is 89.3 Å². The maximum absolute atomic E-state index is 2.49. The van der Waals surface area contributed by atoms with Gasteiger partial charge < -0.3 is 0 Å². The van der Waals surface area contributed by atoms with Gasteiger partial charge >= 0.3 is 0 Å². The van der Waals surface area contributed by atoms with Gasteiger partial charge in [-0.05, 0) is 61.7 Å². The number of hydrogen-bond acceptors (Lipinski definition) is 0. The standard InChI is InChI=1S/C13H23B/c1-12(2,14)13-6-9-3-10(7-13)5-11(4-9)8-13/h9-11H,3-8,14H2,1-2H3. The number of rotatable bonds is 1. The molecule has 0 N–H and O–H groups in total. The van der Waals surface area contributed by atoms with E-state index in [1.54, 1.807) is 38.5 Å². The van der Waals surface area contributed by atoms with Crippen molar-refractivity contribution in [3.05, 3.63) is 0 Å². The van der Waals surface area contributed by atoms with Gasteiger partial charge in [0.15, 0.2) is 0 Å². The van der Waals surface area contributed by atoms with E-state index in [2.05, 4.69) is 21.7 Å². The van der Waals surface area contributed by atoms with Crippen LogP contribution in [0.3, 0.4) is 0 Å². The summed E-state index contributed by atoms with van der Waals surface area (Å²) in [5.74, 6) is 3.33. The van der Waals surface area contributed by atoms with E-state index in [-0.39, 0.29) is 0 Å². The summed E-state index contributed by atoms with van der Waals surface area (Å²) in [4.78, 5) is 0. The third kappa shape index (κ3) is 1.14. The molecular weight excluding hydrogens is 167 g/mol. The van der Waals surface area contributed by atoms with E-state index in [9.17, 15) is 0 Å². The summed E-state index contributed by atoms with van der Waals surface area (Å²) in [7, 11) is 2.49. The molecule has 4 fully saturated rings. The van der Waals surface area contributed by atoms with Gasteiger partial charge in [-0.15, -0.1) is 0 Å². The summed E-state index contributed by atoms with van der Waals surface area (Å²) in [5, 5.41) is 0.559. The molecule has 0 aromatic rings. The third-order valence-electron chi connectivity index (χ3n) is 5.63. The Morgan fingerprint density at radius 3 is 1.57 bits per heavy atom. The Hall–Kier alpha value is 0.0649. The minimum Gasteiger partial charge on any atom is -0.0667 e. The molecule has 0 heterocycles. The summed E-state index contributed by atoms with van der Waals surface area (Å²) in [6, 6.07) is 0. The molecule has 0 radical (unpaired) electrons. The summed E-state index contributed by atoms with van der Waals surface area (Å²) >= 11 is 0. The first-order valence-corrected chi connectivity index (χ1v) is 6.48. The zero-order valence-electron chi connectivity index (χ0n) is 9.97. The van der Waals surface area contributed by atoms with Crippen molar-refractivity contribution in [3.63, 3.8) is 0 Å². The lowest BCUT2D eigenvalue weighted by Gasteiger charge is -2.62. The molecule has 0 spiro atoms. The first-order valence-electron chi connectivity index (χ1n) is 6.48. The van der Waals surface area contributed by atoms with E-state index in [1.165, 1.54) is 0 Å². The lowest BCUT2D eigenvalue weighted by Crippen LogP contribution is -2.50. The van der Waals surface area contributed by atoms with Crippen molar-refractivity contribution in [2.45, 2.75) is 57.7 Å². The second kappa shape index (κ2) is 2.60. The molecule has 0 atom stereocenters. The van der Waals surface area contributed by atoms with Gasteiger partial charge in [-0.25, -0.2) is 0 Å². The highest BCUT2D eigenvalue weighted by atomic mass is 14.6. The molecule has 0 nitrogen and oxygen atoms in total. The second-order valence-corrected chi connectivity index (χ2v) is 7.45. The van der Waals surface area contributed by atoms with Gasteiger partial charge in [-0.1, -0.05) is 19.2 Å². The average Bonchev–Trinajstić information content (AvgIpc) is 1.98. The maximum Gasteiger partial charge on any atom is 0.109 e. The van der Waals surface area contributed by atoms with E-state index < -0.39 is 0 Å². The van der Waals surface area contributed by atoms with Crippen LogP contribution in [0.5, 0.6) is 0 Å². The molecule has 78 valence electrons. The Bertz CT molecular complexity index is 213. The fraction of sp³-hybridized carbons (Fsp3) is 1.00. The van der Waals surface area contributed by atoms with Crippen LogP contribution in [-0.4, -0.2) is 7.85 Å². The first-order chi connectivity index (χ1) is 6.48.